The first-order chi connectivity index (χ1) is 12.1. The Labute approximate surface area is 168 Å². The van der Waals surface area contributed by atoms with Crippen LogP contribution in [0.2, 0.25) is 4.34 Å². The first-order valence-electron chi connectivity index (χ1n) is 7.65. The molecule has 0 bridgehead atoms. The normalized spacial score (nSPS) is 19.9. The van der Waals surface area contributed by atoms with Gasteiger partial charge in [-0.25, -0.2) is 0 Å². The molecule has 7 heteroatoms. The molecule has 0 unspecified atom stereocenters. The first-order valence-corrected chi connectivity index (χ1v) is 10.0. The topological polar surface area (TPSA) is 28.2 Å². The van der Waals surface area contributed by atoms with E-state index in [0.717, 1.165) is 25.1 Å². The number of hydrogen-bond donors (Lipinski definition) is 1. The van der Waals surface area contributed by atoms with Crippen LogP contribution in [0.25, 0.3) is 0 Å². The number of pyridine rings is 1. The highest BCUT2D eigenvalue weighted by Gasteiger charge is 2.41. The first kappa shape index (κ1) is 17.0. The second kappa shape index (κ2) is 7.03. The molecule has 0 saturated carbocycles. The number of rotatable bonds is 3. The number of nitrogens with one attached hydrogen (secondary N) is 1. The van der Waals surface area contributed by atoms with Gasteiger partial charge in [0.15, 0.2) is 5.11 Å². The molecule has 0 spiro atoms. The van der Waals surface area contributed by atoms with Gasteiger partial charge in [0.05, 0.1) is 22.1 Å². The number of nitrogens with zero attached hydrogens (tertiary/aromatic N) is 2. The molecule has 0 amide bonds. The quantitative estimate of drug-likeness (QED) is 0.515. The highest BCUT2D eigenvalue weighted by molar-refractivity contribution is 9.10. The lowest BCUT2D eigenvalue weighted by atomic mass is 10.0. The van der Waals surface area contributed by atoms with Crippen LogP contribution in [0.15, 0.2) is 65.3 Å². The van der Waals surface area contributed by atoms with Gasteiger partial charge in [-0.3, -0.25) is 4.98 Å². The maximum atomic E-state index is 6.21. The molecule has 3 heterocycles. The van der Waals surface area contributed by atoms with Gasteiger partial charge in [0.1, 0.15) is 0 Å². The Morgan fingerprint density at radius 3 is 2.56 bits per heavy atom. The van der Waals surface area contributed by atoms with Gasteiger partial charge in [-0.15, -0.1) is 11.3 Å². The van der Waals surface area contributed by atoms with Crippen molar-refractivity contribution in [2.45, 2.75) is 12.1 Å². The standard InChI is InChI=1S/C18H13BrClN3S2/c19-11-4-6-12(7-5-11)23-17(14-8-9-15(20)25-14)16(22-18(23)24)13-3-1-2-10-21-13/h1-10,16-17H,(H,22,24)/t16-,17-/m1/s1. The maximum Gasteiger partial charge on any atom is 0.174 e. The molecule has 25 heavy (non-hydrogen) atoms. The number of aromatic nitrogens is 1. The van der Waals surface area contributed by atoms with E-state index in [1.54, 1.807) is 17.5 Å². The molecule has 3 aromatic rings. The predicted molar refractivity (Wildman–Crippen MR) is 111 cm³/mol. The fraction of sp³-hybridized carbons (Fsp3) is 0.111. The minimum atomic E-state index is -0.0351. The van der Waals surface area contributed by atoms with Crippen molar-refractivity contribution in [2.24, 2.45) is 0 Å². The Hall–Kier alpha value is -1.47. The van der Waals surface area contributed by atoms with Crippen LogP contribution in [0.3, 0.4) is 0 Å². The van der Waals surface area contributed by atoms with Crippen LogP contribution in [0.1, 0.15) is 22.7 Å². The van der Waals surface area contributed by atoms with Crippen LogP contribution in [-0.2, 0) is 0 Å². The van der Waals surface area contributed by atoms with Gasteiger partial charge in [-0.2, -0.15) is 0 Å². The van der Waals surface area contributed by atoms with E-state index in [0.29, 0.717) is 5.11 Å². The summed E-state index contributed by atoms with van der Waals surface area (Å²) in [4.78, 5) is 7.83. The van der Waals surface area contributed by atoms with Gasteiger partial charge in [-0.05, 0) is 60.7 Å². The summed E-state index contributed by atoms with van der Waals surface area (Å²) in [5.41, 5.74) is 1.99. The summed E-state index contributed by atoms with van der Waals surface area (Å²) in [6.07, 6.45) is 1.81. The monoisotopic (exact) mass is 449 g/mol. The Balaban J connectivity index is 1.81. The molecule has 1 N–H and O–H groups in total. The van der Waals surface area contributed by atoms with Crippen molar-refractivity contribution in [3.05, 3.63) is 80.2 Å². The molecule has 0 radical (unpaired) electrons. The van der Waals surface area contributed by atoms with Crippen molar-refractivity contribution < 1.29 is 0 Å². The van der Waals surface area contributed by atoms with Gasteiger partial charge in [-0.1, -0.05) is 33.6 Å². The number of anilines is 1. The zero-order valence-electron chi connectivity index (χ0n) is 12.9. The molecule has 1 saturated heterocycles. The molecule has 1 aliphatic heterocycles. The summed E-state index contributed by atoms with van der Waals surface area (Å²) in [6, 6.07) is 18.0. The van der Waals surface area contributed by atoms with Gasteiger partial charge in [0, 0.05) is 21.2 Å². The van der Waals surface area contributed by atoms with E-state index in [1.165, 1.54) is 0 Å². The maximum absolute atomic E-state index is 6.21. The van der Waals surface area contributed by atoms with E-state index in [1.807, 2.05) is 36.4 Å². The number of thiophene rings is 1. The van der Waals surface area contributed by atoms with E-state index >= 15 is 0 Å². The highest BCUT2D eigenvalue weighted by Crippen LogP contribution is 2.44. The molecule has 2 aromatic heterocycles. The fourth-order valence-corrected chi connectivity index (χ4v) is 4.81. The van der Waals surface area contributed by atoms with Crippen LogP contribution in [0.4, 0.5) is 5.69 Å². The Kier molecular flexibility index (Phi) is 4.78. The molecule has 1 aromatic carbocycles. The molecule has 1 aliphatic rings. The third-order valence-corrected chi connectivity index (χ3v) is 6.23. The molecular formula is C18H13BrClN3S2. The summed E-state index contributed by atoms with van der Waals surface area (Å²) in [5, 5.41) is 4.13. The number of benzene rings is 1. The van der Waals surface area contributed by atoms with Crippen LogP contribution >= 0.6 is 51.1 Å². The lowest BCUT2D eigenvalue weighted by molar-refractivity contribution is 0.575. The number of thiocarbonyl (C=S) groups is 1. The van der Waals surface area contributed by atoms with Crippen LogP contribution < -0.4 is 10.2 Å². The predicted octanol–water partition coefficient (Wildman–Crippen LogP) is 5.74. The van der Waals surface area contributed by atoms with Crippen molar-refractivity contribution in [1.82, 2.24) is 10.3 Å². The van der Waals surface area contributed by atoms with E-state index < -0.39 is 0 Å². The summed E-state index contributed by atoms with van der Waals surface area (Å²) < 4.78 is 1.80. The van der Waals surface area contributed by atoms with Gasteiger partial charge in [0.2, 0.25) is 0 Å². The van der Waals surface area contributed by atoms with Gasteiger partial charge >= 0.3 is 0 Å². The number of hydrogen-bond acceptors (Lipinski definition) is 3. The molecule has 126 valence electrons. The molecule has 2 atom stereocenters. The molecular weight excluding hydrogens is 438 g/mol. The lowest BCUT2D eigenvalue weighted by Gasteiger charge is -2.26. The number of halogens is 2. The van der Waals surface area contributed by atoms with Crippen molar-refractivity contribution >= 4 is 61.9 Å². The average molecular weight is 451 g/mol. The summed E-state index contributed by atoms with van der Waals surface area (Å²) >= 11 is 16.9. The Bertz CT molecular complexity index is 898. The third-order valence-electron chi connectivity index (χ3n) is 4.09. The second-order valence-electron chi connectivity index (χ2n) is 5.61. The molecule has 1 fully saturated rings. The molecule has 0 aliphatic carbocycles. The minimum absolute atomic E-state index is 0.000996. The largest absolute Gasteiger partial charge is 0.351 e. The van der Waals surface area contributed by atoms with E-state index in [-0.39, 0.29) is 12.1 Å². The lowest BCUT2D eigenvalue weighted by Crippen LogP contribution is -2.28. The second-order valence-corrected chi connectivity index (χ2v) is 8.66. The summed E-state index contributed by atoms with van der Waals surface area (Å²) in [5.74, 6) is 0. The van der Waals surface area contributed by atoms with Crippen molar-refractivity contribution in [3.63, 3.8) is 0 Å². The van der Waals surface area contributed by atoms with Crippen molar-refractivity contribution in [1.29, 1.82) is 0 Å². The van der Waals surface area contributed by atoms with Crippen LogP contribution in [0.5, 0.6) is 0 Å². The van der Waals surface area contributed by atoms with E-state index in [2.05, 4.69) is 49.3 Å². The Morgan fingerprint density at radius 2 is 1.92 bits per heavy atom. The van der Waals surface area contributed by atoms with Gasteiger partial charge < -0.3 is 10.2 Å². The molecule has 3 nitrogen and oxygen atoms in total. The average Bonchev–Trinajstić information content (AvgIpc) is 3.20. The zero-order valence-corrected chi connectivity index (χ0v) is 16.9. The van der Waals surface area contributed by atoms with Crippen molar-refractivity contribution in [3.8, 4) is 0 Å². The van der Waals surface area contributed by atoms with E-state index in [4.69, 9.17) is 23.8 Å². The SMILES string of the molecule is S=C1N[C@H](c2ccccn2)[C@@H](c2ccc(Cl)s2)N1c1ccc(Br)cc1. The summed E-state index contributed by atoms with van der Waals surface area (Å²) in [7, 11) is 0. The van der Waals surface area contributed by atoms with Crippen LogP contribution in [-0.4, -0.2) is 10.1 Å². The smallest absolute Gasteiger partial charge is 0.174 e. The van der Waals surface area contributed by atoms with Crippen molar-refractivity contribution in [2.75, 3.05) is 4.90 Å². The zero-order chi connectivity index (χ0) is 17.4. The van der Waals surface area contributed by atoms with E-state index in [9.17, 15) is 0 Å². The van der Waals surface area contributed by atoms with Crippen LogP contribution in [0, 0.1) is 0 Å². The summed E-state index contributed by atoms with van der Waals surface area (Å²) in [6.45, 7) is 0. The molecule has 4 rings (SSSR count). The fourth-order valence-electron chi connectivity index (χ4n) is 3.01. The minimum Gasteiger partial charge on any atom is -0.351 e. The third kappa shape index (κ3) is 3.31. The Morgan fingerprint density at radius 1 is 1.12 bits per heavy atom. The highest BCUT2D eigenvalue weighted by atomic mass is 79.9. The van der Waals surface area contributed by atoms with Gasteiger partial charge in [0.25, 0.3) is 0 Å².